The topological polar surface area (TPSA) is 77.5 Å². The fraction of sp³-hybridized carbons (Fsp3) is 0.462. The number of methoxy groups -OCH3 is 3. The third kappa shape index (κ3) is 5.99. The third-order valence-corrected chi connectivity index (χ3v) is 5.66. The minimum Gasteiger partial charge on any atom is -0.493 e. The van der Waals surface area contributed by atoms with Crippen LogP contribution in [-0.2, 0) is 4.74 Å². The van der Waals surface area contributed by atoms with E-state index in [1.165, 1.54) is 21.3 Å². The smallest absolute Gasteiger partial charge is 0.254 e. The van der Waals surface area contributed by atoms with Crippen molar-refractivity contribution in [1.29, 1.82) is 0 Å². The highest BCUT2D eigenvalue weighted by Crippen LogP contribution is 2.38. The number of benzene rings is 2. The maximum absolute atomic E-state index is 13.6. The Morgan fingerprint density at radius 1 is 1.03 bits per heavy atom. The molecule has 34 heavy (non-hydrogen) atoms. The number of ether oxygens (including phenoxy) is 4. The van der Waals surface area contributed by atoms with Crippen molar-refractivity contribution in [2.75, 3.05) is 54.1 Å². The number of carbonyl (C=O) groups excluding carboxylic acids is 2. The van der Waals surface area contributed by atoms with Crippen molar-refractivity contribution in [3.8, 4) is 17.2 Å². The maximum atomic E-state index is 13.6. The summed E-state index contributed by atoms with van der Waals surface area (Å²) in [6, 6.07) is 12.5. The molecule has 0 aliphatic carbocycles. The first-order valence-electron chi connectivity index (χ1n) is 11.4. The van der Waals surface area contributed by atoms with E-state index in [9.17, 15) is 9.59 Å². The number of amides is 2. The van der Waals surface area contributed by atoms with Gasteiger partial charge in [0.2, 0.25) is 5.75 Å². The summed E-state index contributed by atoms with van der Waals surface area (Å²) in [5.74, 6) is 1.33. The van der Waals surface area contributed by atoms with Crippen LogP contribution in [0.2, 0.25) is 0 Å². The summed E-state index contributed by atoms with van der Waals surface area (Å²) in [6.07, 6.45) is -0.286. The molecule has 0 radical (unpaired) electrons. The molecule has 1 aliphatic rings. The highest BCUT2D eigenvalue weighted by molar-refractivity contribution is 5.96. The Hall–Kier alpha value is -3.26. The number of morpholine rings is 1. The van der Waals surface area contributed by atoms with E-state index >= 15 is 0 Å². The van der Waals surface area contributed by atoms with Crippen LogP contribution in [0.15, 0.2) is 42.5 Å². The molecule has 0 spiro atoms. The molecule has 8 heteroatoms. The van der Waals surface area contributed by atoms with E-state index in [1.807, 2.05) is 30.3 Å². The van der Waals surface area contributed by atoms with Crippen LogP contribution in [0, 0.1) is 5.92 Å². The van der Waals surface area contributed by atoms with Crippen molar-refractivity contribution < 1.29 is 28.5 Å². The highest BCUT2D eigenvalue weighted by Gasteiger charge is 2.29. The number of rotatable bonds is 9. The van der Waals surface area contributed by atoms with E-state index in [2.05, 4.69) is 13.8 Å². The molecule has 1 aliphatic heterocycles. The zero-order valence-electron chi connectivity index (χ0n) is 20.6. The second-order valence-electron chi connectivity index (χ2n) is 8.63. The number of hydrogen-bond acceptors (Lipinski definition) is 6. The first-order chi connectivity index (χ1) is 16.4. The Balaban J connectivity index is 1.79. The van der Waals surface area contributed by atoms with Crippen LogP contribution < -0.4 is 14.2 Å². The van der Waals surface area contributed by atoms with Crippen molar-refractivity contribution in [2.45, 2.75) is 20.0 Å². The first-order valence-corrected chi connectivity index (χ1v) is 11.4. The van der Waals surface area contributed by atoms with Crippen LogP contribution in [0.1, 0.15) is 34.6 Å². The van der Waals surface area contributed by atoms with Crippen LogP contribution in [-0.4, -0.2) is 81.8 Å². The molecule has 1 saturated heterocycles. The Morgan fingerprint density at radius 2 is 1.68 bits per heavy atom. The van der Waals surface area contributed by atoms with E-state index in [1.54, 1.807) is 21.9 Å². The van der Waals surface area contributed by atoms with Crippen molar-refractivity contribution >= 4 is 11.8 Å². The predicted molar refractivity (Wildman–Crippen MR) is 129 cm³/mol. The van der Waals surface area contributed by atoms with Crippen LogP contribution in [0.5, 0.6) is 17.2 Å². The zero-order valence-corrected chi connectivity index (χ0v) is 20.6. The summed E-state index contributed by atoms with van der Waals surface area (Å²) in [4.78, 5) is 30.0. The maximum Gasteiger partial charge on any atom is 0.254 e. The molecule has 1 atom stereocenters. The number of carbonyl (C=O) groups is 2. The van der Waals surface area contributed by atoms with Gasteiger partial charge >= 0.3 is 0 Å². The van der Waals surface area contributed by atoms with E-state index in [0.717, 1.165) is 0 Å². The Labute approximate surface area is 201 Å². The van der Waals surface area contributed by atoms with Gasteiger partial charge in [-0.25, -0.2) is 0 Å². The van der Waals surface area contributed by atoms with Crippen LogP contribution >= 0.6 is 0 Å². The van der Waals surface area contributed by atoms with Gasteiger partial charge in [0.15, 0.2) is 11.5 Å². The summed E-state index contributed by atoms with van der Waals surface area (Å²) >= 11 is 0. The Kier molecular flexibility index (Phi) is 8.76. The van der Waals surface area contributed by atoms with Gasteiger partial charge in [-0.05, 0) is 30.2 Å². The standard InChI is InChI=1S/C26H34N2O6/c1-18(2)15-28(26(30)20-13-22(31-3)24(33-5)23(14-20)32-4)17-21-16-27(11-12-34-21)25(29)19-9-7-6-8-10-19/h6-10,13-14,18,21H,11-12,15-17H2,1-5H3. The molecule has 1 unspecified atom stereocenters. The molecular formula is C26H34N2O6. The largest absolute Gasteiger partial charge is 0.493 e. The molecule has 0 aromatic heterocycles. The van der Waals surface area contributed by atoms with Gasteiger partial charge in [0.1, 0.15) is 0 Å². The van der Waals surface area contributed by atoms with E-state index in [0.29, 0.717) is 61.2 Å². The lowest BCUT2D eigenvalue weighted by Crippen LogP contribution is -2.51. The number of hydrogen-bond donors (Lipinski definition) is 0. The van der Waals surface area contributed by atoms with Crippen molar-refractivity contribution in [2.24, 2.45) is 5.92 Å². The molecule has 0 N–H and O–H groups in total. The Bertz CT molecular complexity index is 954. The summed E-state index contributed by atoms with van der Waals surface area (Å²) in [7, 11) is 4.56. The van der Waals surface area contributed by atoms with Gasteiger partial charge in [0.25, 0.3) is 11.8 Å². The molecule has 2 amide bonds. The van der Waals surface area contributed by atoms with E-state index in [-0.39, 0.29) is 23.8 Å². The number of nitrogens with zero attached hydrogens (tertiary/aromatic N) is 2. The average Bonchev–Trinajstić information content (AvgIpc) is 2.86. The fourth-order valence-corrected chi connectivity index (χ4v) is 4.09. The molecular weight excluding hydrogens is 436 g/mol. The molecule has 0 bridgehead atoms. The van der Waals surface area contributed by atoms with E-state index in [4.69, 9.17) is 18.9 Å². The Morgan fingerprint density at radius 3 is 2.24 bits per heavy atom. The molecule has 0 saturated carbocycles. The van der Waals surface area contributed by atoms with Crippen molar-refractivity contribution in [1.82, 2.24) is 9.80 Å². The van der Waals surface area contributed by atoms with Crippen molar-refractivity contribution in [3.05, 3.63) is 53.6 Å². The van der Waals surface area contributed by atoms with E-state index < -0.39 is 0 Å². The normalized spacial score (nSPS) is 15.7. The molecule has 1 fully saturated rings. The van der Waals surface area contributed by atoms with Crippen molar-refractivity contribution in [3.63, 3.8) is 0 Å². The second-order valence-corrected chi connectivity index (χ2v) is 8.63. The highest BCUT2D eigenvalue weighted by atomic mass is 16.5. The van der Waals surface area contributed by atoms with Gasteiger partial charge in [-0.1, -0.05) is 32.0 Å². The lowest BCUT2D eigenvalue weighted by molar-refractivity contribution is -0.0340. The van der Waals surface area contributed by atoms with Gasteiger partial charge in [-0.3, -0.25) is 9.59 Å². The molecule has 3 rings (SSSR count). The lowest BCUT2D eigenvalue weighted by Gasteiger charge is -2.36. The summed E-state index contributed by atoms with van der Waals surface area (Å²) in [5, 5.41) is 0. The van der Waals surface area contributed by atoms with Gasteiger partial charge in [-0.2, -0.15) is 0 Å². The quantitative estimate of drug-likeness (QED) is 0.559. The van der Waals surface area contributed by atoms with Gasteiger partial charge in [-0.15, -0.1) is 0 Å². The van der Waals surface area contributed by atoms with Gasteiger partial charge < -0.3 is 28.7 Å². The van der Waals surface area contributed by atoms with Crippen LogP contribution in [0.25, 0.3) is 0 Å². The predicted octanol–water partition coefficient (Wildman–Crippen LogP) is 3.35. The summed E-state index contributed by atoms with van der Waals surface area (Å²) < 4.78 is 22.2. The first kappa shape index (κ1) is 25.4. The summed E-state index contributed by atoms with van der Waals surface area (Å²) in [6.45, 7) is 6.40. The average molecular weight is 471 g/mol. The summed E-state index contributed by atoms with van der Waals surface area (Å²) in [5.41, 5.74) is 1.08. The molecule has 2 aromatic rings. The van der Waals surface area contributed by atoms with Gasteiger partial charge in [0.05, 0.1) is 34.0 Å². The molecule has 184 valence electrons. The van der Waals surface area contributed by atoms with Crippen LogP contribution in [0.4, 0.5) is 0 Å². The SMILES string of the molecule is COc1cc(C(=O)N(CC(C)C)CC2CN(C(=O)c3ccccc3)CCO2)cc(OC)c1OC. The fourth-order valence-electron chi connectivity index (χ4n) is 4.09. The zero-order chi connectivity index (χ0) is 24.7. The van der Waals surface area contributed by atoms with Gasteiger partial charge in [0, 0.05) is 37.3 Å². The third-order valence-electron chi connectivity index (χ3n) is 5.66. The molecule has 2 aromatic carbocycles. The van der Waals surface area contributed by atoms with Crippen LogP contribution in [0.3, 0.4) is 0 Å². The second kappa shape index (κ2) is 11.7. The minimum atomic E-state index is -0.286. The minimum absolute atomic E-state index is 0.0275. The molecule has 8 nitrogen and oxygen atoms in total. The lowest BCUT2D eigenvalue weighted by atomic mass is 10.1. The molecule has 1 heterocycles. The monoisotopic (exact) mass is 470 g/mol.